The Labute approximate surface area is 80.4 Å². The molecule has 68 valence electrons. The van der Waals surface area contributed by atoms with Gasteiger partial charge in [0.05, 0.1) is 4.34 Å². The summed E-state index contributed by atoms with van der Waals surface area (Å²) in [5, 5.41) is 17.6. The zero-order valence-corrected chi connectivity index (χ0v) is 8.11. The van der Waals surface area contributed by atoms with Crippen LogP contribution >= 0.6 is 22.9 Å². The van der Waals surface area contributed by atoms with Crippen LogP contribution in [0.25, 0.3) is 0 Å². The smallest absolute Gasteiger partial charge is 0.0931 e. The number of aliphatic hydroxyl groups excluding tert-OH is 2. The summed E-state index contributed by atoms with van der Waals surface area (Å²) in [4.78, 5) is 1.10. The van der Waals surface area contributed by atoms with Gasteiger partial charge in [-0.05, 0) is 18.6 Å². The van der Waals surface area contributed by atoms with Crippen molar-refractivity contribution in [2.45, 2.75) is 6.42 Å². The molecule has 2 nitrogen and oxygen atoms in total. The van der Waals surface area contributed by atoms with E-state index in [0.29, 0.717) is 6.42 Å². The van der Waals surface area contributed by atoms with Crippen molar-refractivity contribution in [2.75, 3.05) is 13.2 Å². The van der Waals surface area contributed by atoms with E-state index in [0.717, 1.165) is 9.21 Å². The van der Waals surface area contributed by atoms with E-state index in [2.05, 4.69) is 0 Å². The number of hydrogen-bond donors (Lipinski definition) is 2. The van der Waals surface area contributed by atoms with Crippen LogP contribution in [0.3, 0.4) is 0 Å². The average molecular weight is 207 g/mol. The lowest BCUT2D eigenvalue weighted by atomic mass is 10.1. The van der Waals surface area contributed by atoms with Crippen molar-refractivity contribution >= 4 is 22.9 Å². The Morgan fingerprint density at radius 1 is 1.33 bits per heavy atom. The molecular weight excluding hydrogens is 196 g/mol. The average Bonchev–Trinajstić information content (AvgIpc) is 2.47. The van der Waals surface area contributed by atoms with Crippen molar-refractivity contribution in [1.29, 1.82) is 0 Å². The number of hydrogen-bond acceptors (Lipinski definition) is 3. The molecule has 12 heavy (non-hydrogen) atoms. The number of thiophene rings is 1. The van der Waals surface area contributed by atoms with E-state index >= 15 is 0 Å². The van der Waals surface area contributed by atoms with Gasteiger partial charge in [-0.25, -0.2) is 0 Å². The third kappa shape index (κ3) is 2.75. The van der Waals surface area contributed by atoms with Gasteiger partial charge in [0.2, 0.25) is 0 Å². The molecule has 0 unspecified atom stereocenters. The normalized spacial score (nSPS) is 11.0. The molecule has 0 saturated carbocycles. The molecule has 0 aliphatic heterocycles. The predicted molar refractivity (Wildman–Crippen MR) is 50.7 cm³/mol. The Morgan fingerprint density at radius 2 is 2.00 bits per heavy atom. The summed E-state index contributed by atoms with van der Waals surface area (Å²) in [6.07, 6.45) is 0.699. The van der Waals surface area contributed by atoms with E-state index in [9.17, 15) is 0 Å². The lowest BCUT2D eigenvalue weighted by Crippen LogP contribution is -2.13. The number of halogens is 1. The van der Waals surface area contributed by atoms with Gasteiger partial charge in [0, 0.05) is 24.0 Å². The largest absolute Gasteiger partial charge is 0.396 e. The Morgan fingerprint density at radius 3 is 2.42 bits per heavy atom. The highest BCUT2D eigenvalue weighted by atomic mass is 35.5. The Kier molecular flexibility index (Phi) is 4.01. The van der Waals surface area contributed by atoms with Crippen LogP contribution in [-0.4, -0.2) is 23.4 Å². The van der Waals surface area contributed by atoms with E-state index in [1.54, 1.807) is 0 Å². The molecular formula is C8H11ClO2S. The summed E-state index contributed by atoms with van der Waals surface area (Å²) in [7, 11) is 0. The van der Waals surface area contributed by atoms with Gasteiger partial charge in [-0.2, -0.15) is 0 Å². The highest BCUT2D eigenvalue weighted by molar-refractivity contribution is 7.16. The molecule has 2 N–H and O–H groups in total. The van der Waals surface area contributed by atoms with Gasteiger partial charge in [0.25, 0.3) is 0 Å². The summed E-state index contributed by atoms with van der Waals surface area (Å²) >= 11 is 7.21. The SMILES string of the molecule is OCC(CO)Cc1ccc(Cl)s1. The lowest BCUT2D eigenvalue weighted by molar-refractivity contribution is 0.150. The van der Waals surface area contributed by atoms with Crippen LogP contribution < -0.4 is 0 Å². The van der Waals surface area contributed by atoms with Gasteiger partial charge in [-0.15, -0.1) is 11.3 Å². The van der Waals surface area contributed by atoms with Crippen molar-refractivity contribution in [3.05, 3.63) is 21.3 Å². The van der Waals surface area contributed by atoms with Crippen LogP contribution in [0, 0.1) is 5.92 Å². The minimum absolute atomic E-state index is 0.0199. The molecule has 1 heterocycles. The maximum atomic E-state index is 8.81. The molecule has 0 radical (unpaired) electrons. The Balaban J connectivity index is 2.50. The zero-order chi connectivity index (χ0) is 8.97. The van der Waals surface area contributed by atoms with E-state index in [4.69, 9.17) is 21.8 Å². The fourth-order valence-electron chi connectivity index (χ4n) is 0.933. The highest BCUT2D eigenvalue weighted by Gasteiger charge is 2.08. The first-order valence-corrected chi connectivity index (χ1v) is 4.91. The minimum Gasteiger partial charge on any atom is -0.396 e. The summed E-state index contributed by atoms with van der Waals surface area (Å²) in [5.41, 5.74) is 0. The molecule has 0 atom stereocenters. The fourth-order valence-corrected chi connectivity index (χ4v) is 2.13. The van der Waals surface area contributed by atoms with Crippen molar-refractivity contribution in [2.24, 2.45) is 5.92 Å². The second-order valence-electron chi connectivity index (χ2n) is 2.64. The molecule has 0 aliphatic rings. The topological polar surface area (TPSA) is 40.5 Å². The quantitative estimate of drug-likeness (QED) is 0.785. The monoisotopic (exact) mass is 206 g/mol. The first-order valence-electron chi connectivity index (χ1n) is 3.72. The molecule has 0 aliphatic carbocycles. The molecule has 1 aromatic heterocycles. The second kappa shape index (κ2) is 4.82. The minimum atomic E-state index is -0.0558. The number of rotatable bonds is 4. The third-order valence-corrected chi connectivity index (χ3v) is 2.89. The molecule has 0 saturated heterocycles. The summed E-state index contributed by atoms with van der Waals surface area (Å²) in [5.74, 6) is -0.0558. The summed E-state index contributed by atoms with van der Waals surface area (Å²) in [6.45, 7) is 0.0397. The Hall–Kier alpha value is -0.0900. The molecule has 1 aromatic rings. The van der Waals surface area contributed by atoms with Gasteiger partial charge in [-0.3, -0.25) is 0 Å². The first kappa shape index (κ1) is 9.99. The molecule has 0 aromatic carbocycles. The third-order valence-electron chi connectivity index (χ3n) is 1.64. The van der Waals surface area contributed by atoms with Gasteiger partial charge in [-0.1, -0.05) is 11.6 Å². The highest BCUT2D eigenvalue weighted by Crippen LogP contribution is 2.23. The van der Waals surface area contributed by atoms with Crippen LogP contribution in [0.4, 0.5) is 0 Å². The van der Waals surface area contributed by atoms with E-state index < -0.39 is 0 Å². The van der Waals surface area contributed by atoms with Crippen LogP contribution in [0.1, 0.15) is 4.88 Å². The van der Waals surface area contributed by atoms with Crippen LogP contribution in [0.15, 0.2) is 12.1 Å². The predicted octanol–water partition coefficient (Wildman–Crippen LogP) is 1.54. The molecule has 0 bridgehead atoms. The maximum Gasteiger partial charge on any atom is 0.0931 e. The summed E-state index contributed by atoms with van der Waals surface area (Å²) in [6, 6.07) is 3.75. The standard InChI is InChI=1S/C8H11ClO2S/c9-8-2-1-7(12-8)3-6(4-10)5-11/h1-2,6,10-11H,3-5H2. The van der Waals surface area contributed by atoms with Gasteiger partial charge >= 0.3 is 0 Å². The molecule has 0 amide bonds. The van der Waals surface area contributed by atoms with Crippen molar-refractivity contribution in [3.8, 4) is 0 Å². The van der Waals surface area contributed by atoms with Crippen LogP contribution in [-0.2, 0) is 6.42 Å². The van der Waals surface area contributed by atoms with E-state index in [-0.39, 0.29) is 19.1 Å². The van der Waals surface area contributed by atoms with Gasteiger partial charge in [0.1, 0.15) is 0 Å². The second-order valence-corrected chi connectivity index (χ2v) is 4.44. The maximum absolute atomic E-state index is 8.81. The molecule has 0 fully saturated rings. The Bertz CT molecular complexity index is 233. The fraction of sp³-hybridized carbons (Fsp3) is 0.500. The first-order chi connectivity index (χ1) is 5.76. The number of aliphatic hydroxyl groups is 2. The van der Waals surface area contributed by atoms with E-state index in [1.807, 2.05) is 12.1 Å². The van der Waals surface area contributed by atoms with Crippen LogP contribution in [0.5, 0.6) is 0 Å². The van der Waals surface area contributed by atoms with Gasteiger partial charge in [0.15, 0.2) is 0 Å². The lowest BCUT2D eigenvalue weighted by Gasteiger charge is -2.07. The molecule has 0 spiro atoms. The van der Waals surface area contributed by atoms with E-state index in [1.165, 1.54) is 11.3 Å². The van der Waals surface area contributed by atoms with Gasteiger partial charge < -0.3 is 10.2 Å². The van der Waals surface area contributed by atoms with Crippen molar-refractivity contribution in [1.82, 2.24) is 0 Å². The van der Waals surface area contributed by atoms with Crippen molar-refractivity contribution < 1.29 is 10.2 Å². The summed E-state index contributed by atoms with van der Waals surface area (Å²) < 4.78 is 0.750. The van der Waals surface area contributed by atoms with Crippen molar-refractivity contribution in [3.63, 3.8) is 0 Å². The van der Waals surface area contributed by atoms with Crippen LogP contribution in [0.2, 0.25) is 4.34 Å². The molecule has 4 heteroatoms. The molecule has 1 rings (SSSR count). The zero-order valence-electron chi connectivity index (χ0n) is 6.53.